The van der Waals surface area contributed by atoms with Gasteiger partial charge in [-0.25, -0.2) is 18.7 Å². The molecule has 2 saturated heterocycles. The van der Waals surface area contributed by atoms with E-state index in [1.165, 1.54) is 24.3 Å². The highest BCUT2D eigenvalue weighted by molar-refractivity contribution is 5.95. The molecule has 432 valence electrons. The molecule has 7 N–H and O–H groups in total. The quantitative estimate of drug-likeness (QED) is 0.0641. The zero-order chi connectivity index (χ0) is 57.8. The summed E-state index contributed by atoms with van der Waals surface area (Å²) in [5.41, 5.74) is 11.7. The number of H-pyrrole nitrogens is 4. The molecule has 4 aromatic carbocycles. The van der Waals surface area contributed by atoms with Crippen LogP contribution in [0.5, 0.6) is 11.5 Å². The van der Waals surface area contributed by atoms with Crippen LogP contribution in [0, 0.1) is 11.6 Å². The van der Waals surface area contributed by atoms with Gasteiger partial charge in [-0.1, -0.05) is 26.0 Å². The van der Waals surface area contributed by atoms with Crippen LogP contribution < -0.4 is 0 Å². The summed E-state index contributed by atoms with van der Waals surface area (Å²) in [5, 5.41) is 46.0. The van der Waals surface area contributed by atoms with E-state index in [4.69, 9.17) is 9.97 Å². The number of likely N-dealkylation sites (tertiary alicyclic amines) is 1. The lowest BCUT2D eigenvalue weighted by molar-refractivity contribution is -0.141. The van der Waals surface area contributed by atoms with Crippen LogP contribution in [0.1, 0.15) is 74.9 Å². The van der Waals surface area contributed by atoms with Gasteiger partial charge in [-0.05, 0) is 143 Å². The molecule has 0 unspecified atom stereocenters. The molecule has 8 aromatic rings. The van der Waals surface area contributed by atoms with Crippen LogP contribution in [0.15, 0.2) is 60.7 Å². The van der Waals surface area contributed by atoms with Crippen LogP contribution in [0.2, 0.25) is 0 Å². The minimum absolute atomic E-state index is 0.0825. The number of aromatic nitrogens is 8. The predicted octanol–water partition coefficient (Wildman–Crippen LogP) is 7.23. The number of aliphatic hydroxyl groups excluding tert-OH is 1. The highest BCUT2D eigenvalue weighted by Gasteiger charge is 2.41. The van der Waals surface area contributed by atoms with E-state index < -0.39 is 11.6 Å². The summed E-state index contributed by atoms with van der Waals surface area (Å²) in [4.78, 5) is 56.8. The Labute approximate surface area is 475 Å². The first kappa shape index (κ1) is 56.3. The number of carbonyl (C=O) groups excluding carboxylic acids is 2. The molecule has 4 aromatic heterocycles. The monoisotopic (exact) mass is 1120 g/mol. The molecule has 2 fully saturated rings. The molecule has 82 heavy (non-hydrogen) atoms. The number of rotatable bonds is 12. The van der Waals surface area contributed by atoms with E-state index in [1.54, 1.807) is 0 Å². The lowest BCUT2D eigenvalue weighted by Gasteiger charge is -2.43. The summed E-state index contributed by atoms with van der Waals surface area (Å²) in [5.74, 6) is -0.350. The third-order valence-electron chi connectivity index (χ3n) is 17.3. The third-order valence-corrected chi connectivity index (χ3v) is 17.3. The number of hydrogen-bond acceptors (Lipinski definition) is 13. The maximum absolute atomic E-state index is 14.2. The number of fused-ring (bicyclic) bond motifs is 4. The van der Waals surface area contributed by atoms with Gasteiger partial charge >= 0.3 is 0 Å². The Bertz CT molecular complexity index is 3680. The van der Waals surface area contributed by atoms with Gasteiger partial charge in [-0.2, -0.15) is 10.2 Å². The molecule has 12 rings (SSSR count). The molecule has 4 aliphatic rings. The van der Waals surface area contributed by atoms with Gasteiger partial charge in [-0.15, -0.1) is 0 Å². The fourth-order valence-corrected chi connectivity index (χ4v) is 12.6. The number of phenols is 2. The van der Waals surface area contributed by atoms with Gasteiger partial charge in [-0.3, -0.25) is 34.5 Å². The first-order valence-electron chi connectivity index (χ1n) is 28.6. The fraction of sp³-hybridized carbons (Fsp3) is 0.443. The summed E-state index contributed by atoms with van der Waals surface area (Å²) in [6.45, 7) is 16.0. The summed E-state index contributed by atoms with van der Waals surface area (Å²) >= 11 is 0. The van der Waals surface area contributed by atoms with Crippen LogP contribution >= 0.6 is 0 Å². The maximum Gasteiger partial charge on any atom is 0.240 e. The Hall–Kier alpha value is -7.56. The molecular formula is C61H74F2N14O5. The van der Waals surface area contributed by atoms with Crippen LogP contribution in [0.25, 0.3) is 67.1 Å². The van der Waals surface area contributed by atoms with Gasteiger partial charge in [0, 0.05) is 94.1 Å². The third kappa shape index (κ3) is 10.8. The highest BCUT2D eigenvalue weighted by Crippen LogP contribution is 2.37. The number of piperazine rings is 1. The van der Waals surface area contributed by atoms with Crippen molar-refractivity contribution >= 4 is 33.6 Å². The van der Waals surface area contributed by atoms with Crippen LogP contribution in [0.3, 0.4) is 0 Å². The second kappa shape index (κ2) is 23.0. The lowest BCUT2D eigenvalue weighted by atomic mass is 9.96. The number of hydrogen-bond donors (Lipinski definition) is 7. The second-order valence-corrected chi connectivity index (χ2v) is 23.0. The van der Waals surface area contributed by atoms with E-state index in [-0.39, 0.29) is 54.1 Å². The number of nitrogens with zero attached hydrogens (tertiary/aromatic N) is 10. The number of carbonyl (C=O) groups is 2. The van der Waals surface area contributed by atoms with E-state index in [2.05, 4.69) is 84.8 Å². The first-order chi connectivity index (χ1) is 39.4. The number of imidazole rings is 2. The number of aromatic hydroxyl groups is 2. The van der Waals surface area contributed by atoms with Crippen LogP contribution in [0.4, 0.5) is 8.78 Å². The molecule has 0 saturated carbocycles. The number of phenolic OH excluding ortho intramolecular Hbond substituents is 2. The number of aryl methyl sites for hydroxylation is 2. The van der Waals surface area contributed by atoms with E-state index in [0.717, 1.165) is 111 Å². The van der Waals surface area contributed by atoms with Gasteiger partial charge in [0.1, 0.15) is 11.4 Å². The molecule has 2 amide bonds. The highest BCUT2D eigenvalue weighted by atomic mass is 19.1. The number of amides is 2. The van der Waals surface area contributed by atoms with Gasteiger partial charge in [0.2, 0.25) is 11.8 Å². The first-order valence-corrected chi connectivity index (χ1v) is 28.6. The summed E-state index contributed by atoms with van der Waals surface area (Å²) in [6.07, 6.45) is 3.40. The number of aliphatic hydroxyl groups is 1. The molecule has 0 spiro atoms. The number of β-amino-alcohol motifs (C(OH)–C–C–N with tert-alkyl or cyclic N) is 1. The zero-order valence-electron chi connectivity index (χ0n) is 47.9. The number of halogens is 2. The Kier molecular flexibility index (Phi) is 15.8. The van der Waals surface area contributed by atoms with Crippen molar-refractivity contribution < 1.29 is 33.7 Å². The van der Waals surface area contributed by atoms with Gasteiger partial charge in [0.15, 0.2) is 34.8 Å². The van der Waals surface area contributed by atoms with Crippen molar-refractivity contribution in [1.29, 1.82) is 0 Å². The summed E-state index contributed by atoms with van der Waals surface area (Å²) < 4.78 is 28.4. The topological polar surface area (TPSA) is 229 Å². The molecule has 19 nitrogen and oxygen atoms in total. The fourth-order valence-electron chi connectivity index (χ4n) is 12.6. The number of aromatic amines is 4. The van der Waals surface area contributed by atoms with E-state index in [0.29, 0.717) is 80.9 Å². The van der Waals surface area contributed by atoms with Crippen molar-refractivity contribution in [2.24, 2.45) is 0 Å². The summed E-state index contributed by atoms with van der Waals surface area (Å²) in [6, 6.07) is 17.6. The molecule has 0 aliphatic carbocycles. The summed E-state index contributed by atoms with van der Waals surface area (Å²) in [7, 11) is 6.12. The predicted molar refractivity (Wildman–Crippen MR) is 311 cm³/mol. The number of nitrogens with one attached hydrogen (secondary N) is 4. The Morgan fingerprint density at radius 3 is 1.78 bits per heavy atom. The van der Waals surface area contributed by atoms with Crippen LogP contribution in [-0.2, 0) is 48.4 Å². The minimum atomic E-state index is -0.649. The smallest absolute Gasteiger partial charge is 0.240 e. The molecular weight excluding hydrogens is 1050 g/mol. The SMILES string of the molecule is CCc1cc(O)c(F)cc1-c1ccc2c(-c3nc4c([nH]3)CN(C(C)C)[C@H](C(=O)N3CC[C@H](N(C)C)C3)C4)n[nH]c2c1.CCc1cc(O)c(F)cc1-c1ccc2c(-c3nc4c([nH]3)CN(C)[C@H](C(=O)N3CCN(CCO)C[C@H]3C)C4)n[nH]c2c1. The zero-order valence-corrected chi connectivity index (χ0v) is 47.9. The van der Waals surface area contributed by atoms with Crippen molar-refractivity contribution in [3.05, 3.63) is 106 Å². The Balaban J connectivity index is 0.000000172. The average Bonchev–Trinajstić information content (AvgIpc) is 3.27. The second-order valence-electron chi connectivity index (χ2n) is 23.0. The van der Waals surface area contributed by atoms with Crippen LogP contribution in [-0.4, -0.2) is 194 Å². The Morgan fingerprint density at radius 2 is 1.28 bits per heavy atom. The van der Waals surface area contributed by atoms with Gasteiger partial charge < -0.3 is 40.0 Å². The Morgan fingerprint density at radius 1 is 0.732 bits per heavy atom. The molecule has 21 heteroatoms. The average molecular weight is 1120 g/mol. The van der Waals surface area contributed by atoms with Crippen molar-refractivity contribution in [2.45, 2.75) is 110 Å². The van der Waals surface area contributed by atoms with Crippen molar-refractivity contribution in [1.82, 2.24) is 69.7 Å². The normalized spacial score (nSPS) is 19.8. The molecule has 4 atom stereocenters. The van der Waals surface area contributed by atoms with Crippen molar-refractivity contribution in [3.8, 4) is 56.8 Å². The van der Waals surface area contributed by atoms with Gasteiger partial charge in [0.25, 0.3) is 0 Å². The van der Waals surface area contributed by atoms with E-state index in [9.17, 15) is 33.7 Å². The number of benzene rings is 4. The molecule has 0 radical (unpaired) electrons. The molecule has 4 aliphatic heterocycles. The van der Waals surface area contributed by atoms with Gasteiger partial charge in [0.05, 0.1) is 52.5 Å². The minimum Gasteiger partial charge on any atom is -0.505 e. The van der Waals surface area contributed by atoms with Crippen molar-refractivity contribution in [2.75, 3.05) is 67.0 Å². The standard InChI is InChI=1S/C31H38FN7O2.C30H36FN7O3/c1-6-18-12-28(40)23(32)13-22(18)19-7-8-21-24(11-19)35-36-29(21)30-33-25-14-27(39(17(2)3)16-26(25)34-30)31(41)38-10-9-20(15-38)37(4)5;1-4-18-12-27(40)22(31)13-21(18)19-5-6-20-23(11-19)34-35-28(20)29-32-24-14-26(36(3)16-25(24)33-29)30(41)38-8-7-37(9-10-39)15-17(38)2/h7-8,11-13,17,20,27,40H,6,9-10,14-16H2,1-5H3,(H,33,34)(H,35,36);5-6,11-13,17,26,39-40H,4,7-10,14-16H2,1-3H3,(H,32,33)(H,34,35)/t20-,27-;17-,26+/m01/s1. The number of likely N-dealkylation sites (N-methyl/N-ethyl adjacent to an activating group) is 2. The lowest BCUT2D eigenvalue weighted by Crippen LogP contribution is -2.59. The van der Waals surface area contributed by atoms with Crippen molar-refractivity contribution in [3.63, 3.8) is 0 Å². The molecule has 0 bridgehead atoms. The largest absolute Gasteiger partial charge is 0.505 e. The van der Waals surface area contributed by atoms with E-state index >= 15 is 0 Å². The van der Waals surface area contributed by atoms with E-state index in [1.807, 2.05) is 67.1 Å². The molecule has 8 heterocycles. The maximum atomic E-state index is 14.2.